The van der Waals surface area contributed by atoms with Crippen LogP contribution in [0.25, 0.3) is 77.3 Å². The summed E-state index contributed by atoms with van der Waals surface area (Å²) in [4.78, 5) is 23.4. The Morgan fingerprint density at radius 2 is 0.935 bits per heavy atom. The molecule has 0 bridgehead atoms. The van der Waals surface area contributed by atoms with E-state index in [9.17, 15) is 10.5 Å². The Balaban J connectivity index is 1.45. The van der Waals surface area contributed by atoms with Gasteiger partial charge in [0.2, 0.25) is 0 Å². The smallest absolute Gasteiger partial charge is 0.0992 e. The Morgan fingerprint density at radius 1 is 0.457 bits per heavy atom. The molecule has 0 saturated carbocycles. The van der Waals surface area contributed by atoms with Crippen LogP contribution in [-0.2, 0) is 0 Å². The summed E-state index contributed by atoms with van der Waals surface area (Å²) in [6.45, 7) is 0. The van der Waals surface area contributed by atoms with Gasteiger partial charge in [-0.2, -0.15) is 10.5 Å². The molecule has 46 heavy (non-hydrogen) atoms. The van der Waals surface area contributed by atoms with Crippen LogP contribution >= 0.6 is 0 Å². The van der Waals surface area contributed by atoms with Crippen molar-refractivity contribution in [1.82, 2.24) is 24.9 Å². The summed E-state index contributed by atoms with van der Waals surface area (Å²) in [7, 11) is 0. The topological polar surface area (TPSA) is 112 Å². The van der Waals surface area contributed by atoms with Crippen LogP contribution in [0, 0.1) is 22.7 Å². The van der Waals surface area contributed by atoms with Crippen molar-refractivity contribution in [3.63, 3.8) is 0 Å². The van der Waals surface area contributed by atoms with Crippen LogP contribution in [0.3, 0.4) is 0 Å². The lowest BCUT2D eigenvalue weighted by atomic mass is 9.90. The molecule has 0 fully saturated rings. The lowest BCUT2D eigenvalue weighted by Gasteiger charge is -2.16. The second-order valence-electron chi connectivity index (χ2n) is 10.9. The molecule has 7 heteroatoms. The van der Waals surface area contributed by atoms with Gasteiger partial charge in [0.05, 0.1) is 45.7 Å². The minimum Gasteiger partial charge on any atom is -0.264 e. The maximum atomic E-state index is 9.68. The fourth-order valence-electron chi connectivity index (χ4n) is 6.06. The summed E-state index contributed by atoms with van der Waals surface area (Å²) in [5.41, 5.74) is 9.39. The van der Waals surface area contributed by atoms with Crippen LogP contribution in [0.5, 0.6) is 0 Å². The summed E-state index contributed by atoms with van der Waals surface area (Å²) in [5, 5.41) is 23.3. The number of fused-ring (bicyclic) bond motifs is 5. The average molecular weight is 588 g/mol. The normalized spacial score (nSPS) is 11.0. The highest BCUT2D eigenvalue weighted by Crippen LogP contribution is 2.42. The quantitative estimate of drug-likeness (QED) is 0.190. The maximum absolute atomic E-state index is 9.68. The number of nitriles is 2. The highest BCUT2D eigenvalue weighted by molar-refractivity contribution is 6.22. The van der Waals surface area contributed by atoms with Gasteiger partial charge in [0.25, 0.3) is 0 Å². The van der Waals surface area contributed by atoms with E-state index in [4.69, 9.17) is 15.0 Å². The molecule has 0 aliphatic rings. The van der Waals surface area contributed by atoms with E-state index in [0.29, 0.717) is 11.1 Å². The monoisotopic (exact) mass is 587 g/mol. The Labute approximate surface area is 263 Å². The van der Waals surface area contributed by atoms with Crippen LogP contribution < -0.4 is 0 Å². The number of pyridine rings is 5. The largest absolute Gasteiger partial charge is 0.264 e. The molecule has 0 amide bonds. The van der Waals surface area contributed by atoms with Gasteiger partial charge in [-0.1, -0.05) is 12.1 Å². The predicted molar refractivity (Wildman–Crippen MR) is 179 cm³/mol. The van der Waals surface area contributed by atoms with Crippen molar-refractivity contribution in [1.29, 1.82) is 10.5 Å². The number of aromatic nitrogens is 5. The molecular formula is C39H21N7. The minimum atomic E-state index is 0.423. The molecule has 0 radical (unpaired) electrons. The van der Waals surface area contributed by atoms with Gasteiger partial charge in [0.15, 0.2) is 0 Å². The minimum absolute atomic E-state index is 0.423. The van der Waals surface area contributed by atoms with Crippen molar-refractivity contribution in [2.24, 2.45) is 0 Å². The summed E-state index contributed by atoms with van der Waals surface area (Å²) < 4.78 is 0. The van der Waals surface area contributed by atoms with Gasteiger partial charge in [0.1, 0.15) is 0 Å². The molecule has 0 aliphatic carbocycles. The van der Waals surface area contributed by atoms with Gasteiger partial charge < -0.3 is 0 Å². The van der Waals surface area contributed by atoms with E-state index in [-0.39, 0.29) is 0 Å². The van der Waals surface area contributed by atoms with Gasteiger partial charge >= 0.3 is 0 Å². The maximum Gasteiger partial charge on any atom is 0.0992 e. The summed E-state index contributed by atoms with van der Waals surface area (Å²) in [6.07, 6.45) is 10.7. The first-order chi connectivity index (χ1) is 22.7. The Hall–Kier alpha value is -6.83. The molecule has 0 saturated heterocycles. The van der Waals surface area contributed by atoms with Crippen LogP contribution in [-0.4, -0.2) is 24.9 Å². The first-order valence-electron chi connectivity index (χ1n) is 14.6. The van der Waals surface area contributed by atoms with Crippen LogP contribution in [0.15, 0.2) is 128 Å². The fraction of sp³-hybridized carbons (Fsp3) is 0. The van der Waals surface area contributed by atoms with Gasteiger partial charge in [-0.25, -0.2) is 4.98 Å². The summed E-state index contributed by atoms with van der Waals surface area (Å²) >= 11 is 0. The van der Waals surface area contributed by atoms with Gasteiger partial charge in [-0.3, -0.25) is 19.9 Å². The predicted octanol–water partition coefficient (Wildman–Crippen LogP) is 8.53. The molecule has 5 heterocycles. The van der Waals surface area contributed by atoms with E-state index < -0.39 is 0 Å². The summed E-state index contributed by atoms with van der Waals surface area (Å²) in [6, 6.07) is 33.9. The molecule has 8 aromatic rings. The van der Waals surface area contributed by atoms with E-state index in [0.717, 1.165) is 77.3 Å². The van der Waals surface area contributed by atoms with E-state index in [1.165, 1.54) is 0 Å². The third kappa shape index (κ3) is 4.57. The SMILES string of the molecule is N#Cc1cc(C#N)cc(-c2cc3c4cccnc4c(-c4cc(-c5cccnc5)nc(-c5cccnc5)c4)cc3c3cccnc23)c1. The summed E-state index contributed by atoms with van der Waals surface area (Å²) in [5.74, 6) is 0. The first-order valence-corrected chi connectivity index (χ1v) is 14.6. The highest BCUT2D eigenvalue weighted by Gasteiger charge is 2.18. The van der Waals surface area contributed by atoms with E-state index in [1.54, 1.807) is 24.7 Å². The molecular weight excluding hydrogens is 566 g/mol. The first kappa shape index (κ1) is 26.8. The van der Waals surface area contributed by atoms with Crippen molar-refractivity contribution < 1.29 is 0 Å². The van der Waals surface area contributed by atoms with E-state index in [2.05, 4.69) is 58.5 Å². The van der Waals surface area contributed by atoms with Gasteiger partial charge in [-0.15, -0.1) is 0 Å². The Bertz CT molecular complexity index is 2460. The molecule has 8 rings (SSSR count). The second-order valence-corrected chi connectivity index (χ2v) is 10.9. The van der Waals surface area contributed by atoms with Gasteiger partial charge in [-0.05, 0) is 101 Å². The zero-order valence-corrected chi connectivity index (χ0v) is 24.3. The molecule has 0 atom stereocenters. The van der Waals surface area contributed by atoms with Gasteiger partial charge in [0, 0.05) is 70.2 Å². The number of hydrogen-bond acceptors (Lipinski definition) is 7. The highest BCUT2D eigenvalue weighted by atomic mass is 14.7. The van der Waals surface area contributed by atoms with Crippen molar-refractivity contribution in [2.75, 3.05) is 0 Å². The Kier molecular flexibility index (Phi) is 6.41. The molecule has 212 valence electrons. The van der Waals surface area contributed by atoms with E-state index >= 15 is 0 Å². The van der Waals surface area contributed by atoms with Crippen molar-refractivity contribution >= 4 is 32.6 Å². The molecule has 0 aliphatic heterocycles. The number of nitrogens with zero attached hydrogens (tertiary/aromatic N) is 7. The molecule has 7 nitrogen and oxygen atoms in total. The van der Waals surface area contributed by atoms with Crippen LogP contribution in [0.1, 0.15) is 11.1 Å². The fourth-order valence-corrected chi connectivity index (χ4v) is 6.06. The number of hydrogen-bond donors (Lipinski definition) is 0. The van der Waals surface area contributed by atoms with Crippen LogP contribution in [0.2, 0.25) is 0 Å². The molecule has 3 aromatic carbocycles. The lowest BCUT2D eigenvalue weighted by molar-refractivity contribution is 1.26. The average Bonchev–Trinajstić information content (AvgIpc) is 3.14. The lowest BCUT2D eigenvalue weighted by Crippen LogP contribution is -1.95. The zero-order chi connectivity index (χ0) is 31.0. The van der Waals surface area contributed by atoms with E-state index in [1.807, 2.05) is 67.1 Å². The third-order valence-electron chi connectivity index (χ3n) is 8.13. The zero-order valence-electron chi connectivity index (χ0n) is 24.3. The number of rotatable bonds is 4. The molecule has 0 unspecified atom stereocenters. The second kappa shape index (κ2) is 11.0. The van der Waals surface area contributed by atoms with Crippen molar-refractivity contribution in [2.45, 2.75) is 0 Å². The molecule has 5 aromatic heterocycles. The Morgan fingerprint density at radius 3 is 1.39 bits per heavy atom. The van der Waals surface area contributed by atoms with Crippen molar-refractivity contribution in [3.05, 3.63) is 139 Å². The standard InChI is InChI=1S/C39H21N7/c40-20-24-13-25(21-41)15-28(14-24)32-18-34-31-8-4-12-45-39(31)33(19-35(34)30-7-3-11-44-38(30)32)29-16-36(26-5-1-9-42-22-26)46-37(17-29)27-6-2-10-43-23-27/h1-19,22-23H. The third-order valence-corrected chi connectivity index (χ3v) is 8.13. The van der Waals surface area contributed by atoms with Crippen molar-refractivity contribution in [3.8, 4) is 56.9 Å². The number of benzene rings is 3. The molecule has 0 N–H and O–H groups in total. The molecule has 0 spiro atoms. The van der Waals surface area contributed by atoms with Crippen LogP contribution in [0.4, 0.5) is 0 Å².